The molecule has 1 rings (SSSR count). The third kappa shape index (κ3) is 3.87. The molecule has 0 aliphatic rings. The monoisotopic (exact) mass is 276 g/mol. The van der Waals surface area contributed by atoms with Gasteiger partial charge in [0.25, 0.3) is 0 Å². The second kappa shape index (κ2) is 6.84. The van der Waals surface area contributed by atoms with Gasteiger partial charge in [0, 0.05) is 12.1 Å². The number of rotatable bonds is 3. The van der Waals surface area contributed by atoms with Crippen molar-refractivity contribution < 1.29 is 4.79 Å². The molecule has 0 radical (unpaired) electrons. The number of hydrogen-bond donors (Lipinski definition) is 1. The summed E-state index contributed by atoms with van der Waals surface area (Å²) in [7, 11) is 1.74. The van der Waals surface area contributed by atoms with E-state index in [4.69, 9.17) is 17.3 Å². The van der Waals surface area contributed by atoms with Crippen LogP contribution in [0.3, 0.4) is 0 Å². The lowest BCUT2D eigenvalue weighted by Gasteiger charge is -2.27. The normalized spacial score (nSPS) is 13.5. The fraction of sp³-hybridized carbons (Fsp3) is 0.417. The first-order valence-electron chi connectivity index (χ1n) is 5.21. The molecule has 3 nitrogen and oxygen atoms in total. The third-order valence-corrected chi connectivity index (χ3v) is 3.02. The molecule has 17 heavy (non-hydrogen) atoms. The maximum atomic E-state index is 11.7. The Morgan fingerprint density at radius 3 is 2.35 bits per heavy atom. The molecule has 0 heterocycles. The van der Waals surface area contributed by atoms with Crippen LogP contribution in [-0.2, 0) is 4.79 Å². The van der Waals surface area contributed by atoms with Gasteiger partial charge in [-0.3, -0.25) is 4.79 Å². The minimum atomic E-state index is -0.491. The van der Waals surface area contributed by atoms with E-state index in [1.165, 1.54) is 0 Å². The Bertz CT molecular complexity index is 383. The molecule has 2 N–H and O–H groups in total. The van der Waals surface area contributed by atoms with Crippen LogP contribution in [0.25, 0.3) is 0 Å². The van der Waals surface area contributed by atoms with Crippen molar-refractivity contribution in [2.75, 3.05) is 7.05 Å². The Kier molecular flexibility index (Phi) is 6.53. The molecule has 0 saturated heterocycles. The molecule has 1 aromatic carbocycles. The maximum Gasteiger partial charge on any atom is 0.239 e. The first kappa shape index (κ1) is 16.2. The van der Waals surface area contributed by atoms with Crippen LogP contribution in [0, 0.1) is 0 Å². The van der Waals surface area contributed by atoms with E-state index in [1.54, 1.807) is 18.9 Å². The zero-order chi connectivity index (χ0) is 12.3. The summed E-state index contributed by atoms with van der Waals surface area (Å²) in [6.45, 7) is 3.61. The highest BCUT2D eigenvalue weighted by molar-refractivity contribution is 6.31. The van der Waals surface area contributed by atoms with Crippen molar-refractivity contribution in [1.82, 2.24) is 4.90 Å². The fourth-order valence-corrected chi connectivity index (χ4v) is 1.83. The van der Waals surface area contributed by atoms with Crippen molar-refractivity contribution in [2.24, 2.45) is 5.73 Å². The Morgan fingerprint density at radius 2 is 1.88 bits per heavy atom. The third-order valence-electron chi connectivity index (χ3n) is 2.67. The van der Waals surface area contributed by atoms with Crippen molar-refractivity contribution in [1.29, 1.82) is 0 Å². The summed E-state index contributed by atoms with van der Waals surface area (Å²) < 4.78 is 0. The van der Waals surface area contributed by atoms with E-state index >= 15 is 0 Å². The number of hydrogen-bond acceptors (Lipinski definition) is 2. The summed E-state index contributed by atoms with van der Waals surface area (Å²) in [5.74, 6) is -0.0904. The smallest absolute Gasteiger partial charge is 0.239 e. The van der Waals surface area contributed by atoms with E-state index in [1.807, 2.05) is 31.2 Å². The predicted molar refractivity (Wildman–Crippen MR) is 73.5 cm³/mol. The molecular formula is C12H18Cl2N2O. The van der Waals surface area contributed by atoms with Gasteiger partial charge in [-0.2, -0.15) is 0 Å². The van der Waals surface area contributed by atoms with Crippen molar-refractivity contribution in [3.8, 4) is 0 Å². The molecule has 0 bridgehead atoms. The first-order valence-corrected chi connectivity index (χ1v) is 5.59. The topological polar surface area (TPSA) is 46.3 Å². The minimum Gasteiger partial charge on any atom is -0.338 e. The molecule has 1 aromatic rings. The quantitative estimate of drug-likeness (QED) is 0.923. The van der Waals surface area contributed by atoms with E-state index in [-0.39, 0.29) is 24.4 Å². The van der Waals surface area contributed by atoms with Gasteiger partial charge in [-0.25, -0.2) is 0 Å². The number of carbonyl (C=O) groups is 1. The van der Waals surface area contributed by atoms with Crippen molar-refractivity contribution in [3.63, 3.8) is 0 Å². The summed E-state index contributed by atoms with van der Waals surface area (Å²) in [5, 5.41) is 0.666. The fourth-order valence-electron chi connectivity index (χ4n) is 1.53. The second-order valence-electron chi connectivity index (χ2n) is 3.94. The second-order valence-corrected chi connectivity index (χ2v) is 4.34. The lowest BCUT2D eigenvalue weighted by Crippen LogP contribution is -2.41. The lowest BCUT2D eigenvalue weighted by molar-refractivity contribution is -0.132. The first-order chi connectivity index (χ1) is 7.45. The van der Waals surface area contributed by atoms with Crippen molar-refractivity contribution >= 4 is 29.9 Å². The average molecular weight is 277 g/mol. The maximum absolute atomic E-state index is 11.7. The predicted octanol–water partition coefficient (Wildman–Crippen LogP) is 2.63. The number of likely N-dealkylation sites (N-methyl/N-ethyl adjacent to an activating group) is 1. The van der Waals surface area contributed by atoms with Crippen LogP contribution in [0.2, 0.25) is 5.02 Å². The van der Waals surface area contributed by atoms with Gasteiger partial charge >= 0.3 is 0 Å². The number of amides is 1. The molecule has 0 saturated carbocycles. The van der Waals surface area contributed by atoms with Gasteiger partial charge < -0.3 is 10.6 Å². The molecular weight excluding hydrogens is 259 g/mol. The molecule has 0 spiro atoms. The Labute approximate surface area is 113 Å². The van der Waals surface area contributed by atoms with Crippen LogP contribution in [0.5, 0.6) is 0 Å². The van der Waals surface area contributed by atoms with Gasteiger partial charge in [0.2, 0.25) is 5.91 Å². The Hall–Kier alpha value is -0.770. The summed E-state index contributed by atoms with van der Waals surface area (Å²) in [6.07, 6.45) is 0. The molecule has 0 aliphatic heterocycles. The Morgan fingerprint density at radius 1 is 1.35 bits per heavy atom. The highest BCUT2D eigenvalue weighted by Crippen LogP contribution is 2.26. The van der Waals surface area contributed by atoms with E-state index in [0.29, 0.717) is 5.02 Å². The standard InChI is InChI=1S/C12H17ClN2O.ClH/c1-8(14)12(16)15(3)9(2)10-6-4-5-7-11(10)13;/h4-9H,14H2,1-3H3;1H. The molecule has 0 aliphatic carbocycles. The highest BCUT2D eigenvalue weighted by atomic mass is 35.5. The van der Waals surface area contributed by atoms with Gasteiger partial charge in [0.15, 0.2) is 0 Å². The van der Waals surface area contributed by atoms with E-state index < -0.39 is 6.04 Å². The van der Waals surface area contributed by atoms with Crippen LogP contribution < -0.4 is 5.73 Å². The van der Waals surface area contributed by atoms with Crippen LogP contribution >= 0.6 is 24.0 Å². The van der Waals surface area contributed by atoms with Gasteiger partial charge in [-0.15, -0.1) is 12.4 Å². The number of carbonyl (C=O) groups excluding carboxylic acids is 1. The SMILES string of the molecule is CC(N)C(=O)N(C)C(C)c1ccccc1Cl.Cl. The van der Waals surface area contributed by atoms with Gasteiger partial charge in [0.1, 0.15) is 0 Å². The van der Waals surface area contributed by atoms with E-state index in [0.717, 1.165) is 5.56 Å². The number of nitrogens with two attached hydrogens (primary N) is 1. The largest absolute Gasteiger partial charge is 0.338 e. The summed E-state index contributed by atoms with van der Waals surface area (Å²) in [5.41, 5.74) is 6.50. The molecule has 5 heteroatoms. The van der Waals surface area contributed by atoms with Crippen LogP contribution in [0.4, 0.5) is 0 Å². The minimum absolute atomic E-state index is 0. The molecule has 0 aromatic heterocycles. The zero-order valence-corrected chi connectivity index (χ0v) is 11.8. The van der Waals surface area contributed by atoms with Gasteiger partial charge in [-0.05, 0) is 25.5 Å². The van der Waals surface area contributed by atoms with E-state index in [9.17, 15) is 4.79 Å². The van der Waals surface area contributed by atoms with Crippen LogP contribution in [0.1, 0.15) is 25.5 Å². The lowest BCUT2D eigenvalue weighted by atomic mass is 10.1. The number of nitrogens with zero attached hydrogens (tertiary/aromatic N) is 1. The van der Waals surface area contributed by atoms with Crippen molar-refractivity contribution in [3.05, 3.63) is 34.9 Å². The molecule has 0 fully saturated rings. The molecule has 96 valence electrons. The van der Waals surface area contributed by atoms with Crippen LogP contribution in [0.15, 0.2) is 24.3 Å². The number of halogens is 2. The van der Waals surface area contributed by atoms with Gasteiger partial charge in [0.05, 0.1) is 12.1 Å². The number of benzene rings is 1. The Balaban J connectivity index is 0.00000256. The van der Waals surface area contributed by atoms with Crippen molar-refractivity contribution in [2.45, 2.75) is 25.9 Å². The van der Waals surface area contributed by atoms with Crippen LogP contribution in [-0.4, -0.2) is 23.9 Å². The molecule has 1 amide bonds. The summed E-state index contributed by atoms with van der Waals surface area (Å²) in [6, 6.07) is 6.94. The van der Waals surface area contributed by atoms with E-state index in [2.05, 4.69) is 0 Å². The van der Waals surface area contributed by atoms with Gasteiger partial charge in [-0.1, -0.05) is 29.8 Å². The molecule has 2 atom stereocenters. The summed E-state index contributed by atoms with van der Waals surface area (Å²) in [4.78, 5) is 13.3. The zero-order valence-electron chi connectivity index (χ0n) is 10.2. The summed E-state index contributed by atoms with van der Waals surface area (Å²) >= 11 is 6.08. The highest BCUT2D eigenvalue weighted by Gasteiger charge is 2.21. The molecule has 2 unspecified atom stereocenters. The average Bonchev–Trinajstić information content (AvgIpc) is 2.26.